The van der Waals surface area contributed by atoms with E-state index in [2.05, 4.69) is 15.5 Å². The van der Waals surface area contributed by atoms with E-state index in [0.717, 1.165) is 35.7 Å². The second kappa shape index (κ2) is 7.99. The van der Waals surface area contributed by atoms with E-state index in [1.54, 1.807) is 18.4 Å². The Kier molecular flexibility index (Phi) is 5.73. The first-order valence-electron chi connectivity index (χ1n) is 8.50. The van der Waals surface area contributed by atoms with Gasteiger partial charge in [-0.25, -0.2) is 0 Å². The molecule has 1 aliphatic rings. The molecule has 3 rings (SSSR count). The van der Waals surface area contributed by atoms with E-state index in [1.807, 2.05) is 44.4 Å². The van der Waals surface area contributed by atoms with E-state index < -0.39 is 0 Å². The summed E-state index contributed by atoms with van der Waals surface area (Å²) in [7, 11) is 5.70. The van der Waals surface area contributed by atoms with Gasteiger partial charge in [0.15, 0.2) is 0 Å². The van der Waals surface area contributed by atoms with Crippen LogP contribution in [0.1, 0.15) is 31.7 Å². The number of carbonyl (C=O) groups is 1. The van der Waals surface area contributed by atoms with Crippen molar-refractivity contribution in [3.8, 4) is 5.75 Å². The van der Waals surface area contributed by atoms with Gasteiger partial charge in [-0.1, -0.05) is 18.2 Å². The molecule has 25 heavy (non-hydrogen) atoms. The molecule has 1 amide bonds. The number of fused-ring (bicyclic) bond motifs is 1. The molecule has 0 aliphatic carbocycles. The van der Waals surface area contributed by atoms with Gasteiger partial charge in [0.1, 0.15) is 5.75 Å². The van der Waals surface area contributed by atoms with Crippen LogP contribution in [0, 0.1) is 0 Å². The molecule has 0 bridgehead atoms. The molecule has 0 saturated heterocycles. The fourth-order valence-electron chi connectivity index (χ4n) is 3.15. The number of likely N-dealkylation sites (N-methyl/N-ethyl adjacent to an activating group) is 1. The molecule has 2 aromatic rings. The van der Waals surface area contributed by atoms with Crippen molar-refractivity contribution < 1.29 is 9.53 Å². The van der Waals surface area contributed by atoms with Gasteiger partial charge in [-0.3, -0.25) is 4.79 Å². The number of methoxy groups -OCH3 is 1. The van der Waals surface area contributed by atoms with Gasteiger partial charge in [-0.05, 0) is 38.2 Å². The second-order valence-corrected chi connectivity index (χ2v) is 7.55. The molecule has 1 atom stereocenters. The van der Waals surface area contributed by atoms with Crippen molar-refractivity contribution in [3.05, 3.63) is 51.2 Å². The number of nitrogens with one attached hydrogen (secondary N) is 2. The van der Waals surface area contributed by atoms with Gasteiger partial charge in [0, 0.05) is 30.1 Å². The van der Waals surface area contributed by atoms with Crippen molar-refractivity contribution in [1.29, 1.82) is 0 Å². The van der Waals surface area contributed by atoms with Gasteiger partial charge in [-0.15, -0.1) is 11.3 Å². The number of ether oxygens (including phenoxy) is 1. The van der Waals surface area contributed by atoms with Gasteiger partial charge < -0.3 is 20.3 Å². The minimum absolute atomic E-state index is 0.00106. The summed E-state index contributed by atoms with van der Waals surface area (Å²) in [6, 6.07) is 10.0. The van der Waals surface area contributed by atoms with Gasteiger partial charge in [-0.2, -0.15) is 0 Å². The molecule has 0 fully saturated rings. The maximum Gasteiger partial charge on any atom is 0.261 e. The number of hydrogen-bond acceptors (Lipinski definition) is 5. The summed E-state index contributed by atoms with van der Waals surface area (Å²) in [5.74, 6) is 0.842. The molecule has 2 N–H and O–H groups in total. The van der Waals surface area contributed by atoms with Crippen molar-refractivity contribution in [3.63, 3.8) is 0 Å². The summed E-state index contributed by atoms with van der Waals surface area (Å²) >= 11 is 1.62. The molecule has 134 valence electrons. The molecule has 1 unspecified atom stereocenters. The van der Waals surface area contributed by atoms with Crippen LogP contribution in [-0.4, -0.2) is 45.1 Å². The van der Waals surface area contributed by atoms with Gasteiger partial charge >= 0.3 is 0 Å². The van der Waals surface area contributed by atoms with Gasteiger partial charge in [0.2, 0.25) is 0 Å². The predicted molar refractivity (Wildman–Crippen MR) is 101 cm³/mol. The summed E-state index contributed by atoms with van der Waals surface area (Å²) in [5, 5.41) is 6.44. The highest BCUT2D eigenvalue weighted by atomic mass is 32.1. The maximum atomic E-state index is 12.6. The molecular weight excluding hydrogens is 334 g/mol. The lowest BCUT2D eigenvalue weighted by atomic mass is 10.0. The number of thiophene rings is 1. The smallest absolute Gasteiger partial charge is 0.261 e. The van der Waals surface area contributed by atoms with Crippen LogP contribution < -0.4 is 15.4 Å². The predicted octanol–water partition coefficient (Wildman–Crippen LogP) is 2.44. The lowest BCUT2D eigenvalue weighted by Crippen LogP contribution is -2.34. The van der Waals surface area contributed by atoms with E-state index in [0.29, 0.717) is 6.54 Å². The summed E-state index contributed by atoms with van der Waals surface area (Å²) in [6.07, 6.45) is 1.01. The SMILES string of the molecule is COc1ccccc1C(CNC(=O)c1cc2c(s1)CCNC2)N(C)C. The molecule has 1 aromatic carbocycles. The molecule has 1 aromatic heterocycles. The summed E-state index contributed by atoms with van der Waals surface area (Å²) in [5.41, 5.74) is 2.33. The minimum Gasteiger partial charge on any atom is -0.496 e. The topological polar surface area (TPSA) is 53.6 Å². The third kappa shape index (κ3) is 4.03. The van der Waals surface area contributed by atoms with E-state index in [9.17, 15) is 4.79 Å². The van der Waals surface area contributed by atoms with Crippen LogP contribution in [0.3, 0.4) is 0 Å². The Labute approximate surface area is 153 Å². The lowest BCUT2D eigenvalue weighted by Gasteiger charge is -2.26. The molecule has 6 heteroatoms. The Morgan fingerprint density at radius 2 is 2.20 bits per heavy atom. The van der Waals surface area contributed by atoms with Gasteiger partial charge in [0.05, 0.1) is 18.0 Å². The van der Waals surface area contributed by atoms with Crippen molar-refractivity contribution in [1.82, 2.24) is 15.5 Å². The Bertz CT molecular complexity index is 719. The largest absolute Gasteiger partial charge is 0.496 e. The van der Waals surface area contributed by atoms with Crippen molar-refractivity contribution in [2.24, 2.45) is 0 Å². The monoisotopic (exact) mass is 359 g/mol. The fraction of sp³-hybridized carbons (Fsp3) is 0.421. The third-order valence-electron chi connectivity index (χ3n) is 4.54. The zero-order chi connectivity index (χ0) is 17.8. The van der Waals surface area contributed by atoms with Crippen LogP contribution in [0.2, 0.25) is 0 Å². The highest BCUT2D eigenvalue weighted by Gasteiger charge is 2.21. The quantitative estimate of drug-likeness (QED) is 0.832. The highest BCUT2D eigenvalue weighted by molar-refractivity contribution is 7.14. The van der Waals surface area contributed by atoms with E-state index in [-0.39, 0.29) is 11.9 Å². The Morgan fingerprint density at radius 3 is 2.92 bits per heavy atom. The molecular formula is C19H25N3O2S. The Balaban J connectivity index is 1.71. The number of rotatable bonds is 6. The number of benzene rings is 1. The zero-order valence-corrected chi connectivity index (χ0v) is 15.8. The van der Waals surface area contributed by atoms with Gasteiger partial charge in [0.25, 0.3) is 5.91 Å². The van der Waals surface area contributed by atoms with Crippen LogP contribution in [0.15, 0.2) is 30.3 Å². The number of para-hydroxylation sites is 1. The number of hydrogen-bond donors (Lipinski definition) is 2. The Morgan fingerprint density at radius 1 is 1.40 bits per heavy atom. The first kappa shape index (κ1) is 17.9. The molecule has 0 saturated carbocycles. The first-order valence-corrected chi connectivity index (χ1v) is 9.31. The fourth-order valence-corrected chi connectivity index (χ4v) is 4.25. The maximum absolute atomic E-state index is 12.6. The standard InChI is InChI=1S/C19H25N3O2S/c1-22(2)15(14-6-4-5-7-16(14)24-3)12-21-19(23)18-10-13-11-20-9-8-17(13)25-18/h4-7,10,15,20H,8-9,11-12H2,1-3H3,(H,21,23). The normalized spacial score (nSPS) is 14.9. The van der Waals surface area contributed by atoms with Crippen molar-refractivity contribution in [2.75, 3.05) is 34.3 Å². The highest BCUT2D eigenvalue weighted by Crippen LogP contribution is 2.28. The molecule has 1 aliphatic heterocycles. The third-order valence-corrected chi connectivity index (χ3v) is 5.78. The van der Waals surface area contributed by atoms with E-state index in [1.165, 1.54) is 10.4 Å². The number of nitrogens with zero attached hydrogens (tertiary/aromatic N) is 1. The van der Waals surface area contributed by atoms with Crippen molar-refractivity contribution in [2.45, 2.75) is 19.0 Å². The van der Waals surface area contributed by atoms with Crippen LogP contribution in [0.4, 0.5) is 0 Å². The number of carbonyl (C=O) groups excluding carboxylic acids is 1. The second-order valence-electron chi connectivity index (χ2n) is 6.42. The number of amides is 1. The van der Waals surface area contributed by atoms with Crippen LogP contribution >= 0.6 is 11.3 Å². The van der Waals surface area contributed by atoms with Crippen LogP contribution in [-0.2, 0) is 13.0 Å². The van der Waals surface area contributed by atoms with E-state index >= 15 is 0 Å². The molecule has 5 nitrogen and oxygen atoms in total. The summed E-state index contributed by atoms with van der Waals surface area (Å²) in [4.78, 5) is 16.8. The van der Waals surface area contributed by atoms with Crippen LogP contribution in [0.5, 0.6) is 5.75 Å². The lowest BCUT2D eigenvalue weighted by molar-refractivity contribution is 0.0945. The van der Waals surface area contributed by atoms with Crippen molar-refractivity contribution >= 4 is 17.2 Å². The first-order chi connectivity index (χ1) is 12.1. The molecule has 0 spiro atoms. The molecule has 0 radical (unpaired) electrons. The van der Waals surface area contributed by atoms with E-state index in [4.69, 9.17) is 4.74 Å². The zero-order valence-electron chi connectivity index (χ0n) is 15.0. The molecule has 2 heterocycles. The minimum atomic E-state index is 0.00106. The average molecular weight is 359 g/mol. The summed E-state index contributed by atoms with van der Waals surface area (Å²) < 4.78 is 5.48. The Hall–Kier alpha value is -1.89. The van der Waals surface area contributed by atoms with Crippen LogP contribution in [0.25, 0.3) is 0 Å². The average Bonchev–Trinajstić information content (AvgIpc) is 3.06. The summed E-state index contributed by atoms with van der Waals surface area (Å²) in [6.45, 7) is 2.39.